The number of hydrogen-bond donors (Lipinski definition) is 1. The summed E-state index contributed by atoms with van der Waals surface area (Å²) in [7, 11) is 1.34. The molecule has 1 N–H and O–H groups in total. The first-order chi connectivity index (χ1) is 9.82. The number of alkyl halides is 3. The SMILES string of the molecule is COC(=O)CCCNC(C)Cc1cccc(C(F)(F)F)c1. The molecule has 0 aromatic heterocycles. The van der Waals surface area contributed by atoms with Crippen LogP contribution in [0, 0.1) is 0 Å². The van der Waals surface area contributed by atoms with Crippen molar-refractivity contribution < 1.29 is 22.7 Å². The molecule has 0 spiro atoms. The normalized spacial score (nSPS) is 13.0. The van der Waals surface area contributed by atoms with Gasteiger partial charge in [0.05, 0.1) is 12.7 Å². The maximum Gasteiger partial charge on any atom is 0.416 e. The molecule has 1 atom stereocenters. The van der Waals surface area contributed by atoms with Crippen LogP contribution in [0.5, 0.6) is 0 Å². The first-order valence-corrected chi connectivity index (χ1v) is 6.79. The average Bonchev–Trinajstić information content (AvgIpc) is 2.42. The zero-order chi connectivity index (χ0) is 15.9. The topological polar surface area (TPSA) is 38.3 Å². The molecule has 0 saturated heterocycles. The maximum atomic E-state index is 12.6. The van der Waals surface area contributed by atoms with E-state index in [0.717, 1.165) is 6.07 Å². The summed E-state index contributed by atoms with van der Waals surface area (Å²) >= 11 is 0. The van der Waals surface area contributed by atoms with Crippen LogP contribution in [0.2, 0.25) is 0 Å². The van der Waals surface area contributed by atoms with Crippen LogP contribution in [0.1, 0.15) is 30.9 Å². The number of nitrogens with one attached hydrogen (secondary N) is 1. The Balaban J connectivity index is 2.41. The van der Waals surface area contributed by atoms with E-state index < -0.39 is 11.7 Å². The van der Waals surface area contributed by atoms with Gasteiger partial charge >= 0.3 is 12.1 Å². The number of hydrogen-bond acceptors (Lipinski definition) is 3. The standard InChI is InChI=1S/C15H20F3NO2/c1-11(19-8-4-7-14(20)21-2)9-12-5-3-6-13(10-12)15(16,17)18/h3,5-6,10-11,19H,4,7-9H2,1-2H3. The van der Waals surface area contributed by atoms with E-state index in [1.165, 1.54) is 19.2 Å². The zero-order valence-corrected chi connectivity index (χ0v) is 12.2. The van der Waals surface area contributed by atoms with E-state index in [1.54, 1.807) is 6.07 Å². The van der Waals surface area contributed by atoms with Crippen LogP contribution >= 0.6 is 0 Å². The number of ether oxygens (including phenoxy) is 1. The molecule has 0 aliphatic rings. The van der Waals surface area contributed by atoms with Gasteiger partial charge in [-0.3, -0.25) is 4.79 Å². The van der Waals surface area contributed by atoms with Gasteiger partial charge in [0.2, 0.25) is 0 Å². The predicted molar refractivity (Wildman–Crippen MR) is 73.9 cm³/mol. The molecule has 0 bridgehead atoms. The summed E-state index contributed by atoms with van der Waals surface area (Å²) in [4.78, 5) is 10.9. The van der Waals surface area contributed by atoms with Crippen molar-refractivity contribution in [3.63, 3.8) is 0 Å². The van der Waals surface area contributed by atoms with Crippen LogP contribution in [-0.2, 0) is 22.1 Å². The Morgan fingerprint density at radius 3 is 2.71 bits per heavy atom. The fourth-order valence-electron chi connectivity index (χ4n) is 1.98. The minimum atomic E-state index is -4.31. The van der Waals surface area contributed by atoms with Crippen molar-refractivity contribution in [3.05, 3.63) is 35.4 Å². The molecule has 0 aliphatic carbocycles. The van der Waals surface area contributed by atoms with E-state index in [2.05, 4.69) is 10.1 Å². The minimum absolute atomic E-state index is 0.0335. The van der Waals surface area contributed by atoms with Gasteiger partial charge in [-0.2, -0.15) is 13.2 Å². The first-order valence-electron chi connectivity index (χ1n) is 6.79. The third-order valence-electron chi connectivity index (χ3n) is 3.07. The Bertz CT molecular complexity index is 460. The van der Waals surface area contributed by atoms with E-state index >= 15 is 0 Å². The predicted octanol–water partition coefficient (Wildman–Crippen LogP) is 3.18. The molecular weight excluding hydrogens is 283 g/mol. The number of carbonyl (C=O) groups excluding carboxylic acids is 1. The summed E-state index contributed by atoms with van der Waals surface area (Å²) in [6, 6.07) is 5.38. The van der Waals surface area contributed by atoms with E-state index in [0.29, 0.717) is 31.4 Å². The molecule has 21 heavy (non-hydrogen) atoms. The highest BCUT2D eigenvalue weighted by Crippen LogP contribution is 2.29. The highest BCUT2D eigenvalue weighted by Gasteiger charge is 2.30. The molecule has 6 heteroatoms. The summed E-state index contributed by atoms with van der Waals surface area (Å²) in [5, 5.41) is 3.18. The molecule has 3 nitrogen and oxygen atoms in total. The van der Waals surface area contributed by atoms with Gasteiger partial charge in [-0.25, -0.2) is 0 Å². The van der Waals surface area contributed by atoms with E-state index in [-0.39, 0.29) is 12.0 Å². The molecule has 1 aromatic rings. The van der Waals surface area contributed by atoms with E-state index in [1.807, 2.05) is 6.92 Å². The fourth-order valence-corrected chi connectivity index (χ4v) is 1.98. The number of benzene rings is 1. The van der Waals surface area contributed by atoms with Gasteiger partial charge in [0, 0.05) is 12.5 Å². The van der Waals surface area contributed by atoms with Crippen LogP contribution in [0.25, 0.3) is 0 Å². The average molecular weight is 303 g/mol. The lowest BCUT2D eigenvalue weighted by molar-refractivity contribution is -0.140. The van der Waals surface area contributed by atoms with Gasteiger partial charge in [0.15, 0.2) is 0 Å². The van der Waals surface area contributed by atoms with Crippen LogP contribution in [0.4, 0.5) is 13.2 Å². The Kier molecular flexibility index (Phi) is 6.68. The van der Waals surface area contributed by atoms with Gasteiger partial charge in [0.1, 0.15) is 0 Å². The van der Waals surface area contributed by atoms with Crippen molar-refractivity contribution in [3.8, 4) is 0 Å². The molecule has 0 fully saturated rings. The molecule has 1 unspecified atom stereocenters. The van der Waals surface area contributed by atoms with E-state index in [4.69, 9.17) is 0 Å². The summed E-state index contributed by atoms with van der Waals surface area (Å²) < 4.78 is 42.3. The lowest BCUT2D eigenvalue weighted by Crippen LogP contribution is -2.29. The highest BCUT2D eigenvalue weighted by molar-refractivity contribution is 5.69. The Morgan fingerprint density at radius 2 is 2.10 bits per heavy atom. The summed E-state index contributed by atoms with van der Waals surface area (Å²) in [5.74, 6) is -0.262. The van der Waals surface area contributed by atoms with Gasteiger partial charge in [0.25, 0.3) is 0 Å². The Morgan fingerprint density at radius 1 is 1.38 bits per heavy atom. The maximum absolute atomic E-state index is 12.6. The minimum Gasteiger partial charge on any atom is -0.469 e. The lowest BCUT2D eigenvalue weighted by atomic mass is 10.0. The van der Waals surface area contributed by atoms with Crippen LogP contribution in [0.3, 0.4) is 0 Å². The third-order valence-corrected chi connectivity index (χ3v) is 3.07. The van der Waals surface area contributed by atoms with Crippen molar-refractivity contribution in [1.82, 2.24) is 5.32 Å². The summed E-state index contributed by atoms with van der Waals surface area (Å²) in [6.45, 7) is 2.52. The van der Waals surface area contributed by atoms with Crippen LogP contribution in [0.15, 0.2) is 24.3 Å². The van der Waals surface area contributed by atoms with Gasteiger partial charge in [-0.05, 0) is 37.9 Å². The number of esters is 1. The van der Waals surface area contributed by atoms with Gasteiger partial charge in [-0.15, -0.1) is 0 Å². The van der Waals surface area contributed by atoms with Crippen molar-refractivity contribution in [2.75, 3.05) is 13.7 Å². The molecule has 1 aromatic carbocycles. The molecular formula is C15H20F3NO2. The van der Waals surface area contributed by atoms with Gasteiger partial charge < -0.3 is 10.1 Å². The molecule has 1 rings (SSSR count). The quantitative estimate of drug-likeness (QED) is 0.621. The summed E-state index contributed by atoms with van der Waals surface area (Å²) in [6.07, 6.45) is -2.84. The Hall–Kier alpha value is -1.56. The summed E-state index contributed by atoms with van der Waals surface area (Å²) in [5.41, 5.74) is 0.00989. The Labute approximate surface area is 122 Å². The van der Waals surface area contributed by atoms with Crippen molar-refractivity contribution in [1.29, 1.82) is 0 Å². The molecule has 0 aliphatic heterocycles. The second-order valence-corrected chi connectivity index (χ2v) is 4.94. The van der Waals surface area contributed by atoms with Crippen LogP contribution < -0.4 is 5.32 Å². The highest BCUT2D eigenvalue weighted by atomic mass is 19.4. The zero-order valence-electron chi connectivity index (χ0n) is 12.2. The number of halogens is 3. The number of carbonyl (C=O) groups is 1. The molecule has 0 saturated carbocycles. The second-order valence-electron chi connectivity index (χ2n) is 4.94. The number of rotatable bonds is 7. The van der Waals surface area contributed by atoms with E-state index in [9.17, 15) is 18.0 Å². The smallest absolute Gasteiger partial charge is 0.416 e. The second kappa shape index (κ2) is 8.02. The van der Waals surface area contributed by atoms with Crippen molar-refractivity contribution >= 4 is 5.97 Å². The molecule has 0 heterocycles. The molecule has 0 radical (unpaired) electrons. The van der Waals surface area contributed by atoms with Gasteiger partial charge in [-0.1, -0.05) is 18.2 Å². The third kappa shape index (κ3) is 6.62. The largest absolute Gasteiger partial charge is 0.469 e. The monoisotopic (exact) mass is 303 g/mol. The van der Waals surface area contributed by atoms with Crippen molar-refractivity contribution in [2.45, 2.75) is 38.4 Å². The molecule has 118 valence electrons. The molecule has 0 amide bonds. The van der Waals surface area contributed by atoms with Crippen molar-refractivity contribution in [2.24, 2.45) is 0 Å². The number of methoxy groups -OCH3 is 1. The first kappa shape index (κ1) is 17.5. The van der Waals surface area contributed by atoms with Crippen LogP contribution in [-0.4, -0.2) is 25.7 Å². The fraction of sp³-hybridized carbons (Fsp3) is 0.533. The lowest BCUT2D eigenvalue weighted by Gasteiger charge is -2.15.